The minimum Gasteiger partial charge on any atom is -0.481 e. The molecule has 108 valence electrons. The summed E-state index contributed by atoms with van der Waals surface area (Å²) in [6.07, 6.45) is 2.57. The van der Waals surface area contributed by atoms with Crippen LogP contribution in [0.25, 0.3) is 10.9 Å². The third-order valence-corrected chi connectivity index (χ3v) is 3.33. The number of benzene rings is 1. The number of aliphatic carboxylic acids is 1. The first-order valence-electron chi connectivity index (χ1n) is 6.69. The summed E-state index contributed by atoms with van der Waals surface area (Å²) in [5.41, 5.74) is 2.07. The molecule has 1 atom stereocenters. The molecule has 2 rings (SSSR count). The van der Waals surface area contributed by atoms with Crippen LogP contribution in [-0.4, -0.2) is 38.6 Å². The van der Waals surface area contributed by atoms with Crippen molar-refractivity contribution in [3.8, 4) is 0 Å². The molecular weight excluding hydrogens is 258 g/mol. The zero-order valence-corrected chi connectivity index (χ0v) is 11.2. The Morgan fingerprint density at radius 1 is 1.30 bits per heavy atom. The van der Waals surface area contributed by atoms with E-state index in [0.29, 0.717) is 19.4 Å². The molecule has 1 aromatic heterocycles. The number of rotatable bonds is 7. The number of fused-ring (bicyclic) bond motifs is 1. The monoisotopic (exact) mass is 277 g/mol. The van der Waals surface area contributed by atoms with E-state index >= 15 is 0 Å². The van der Waals surface area contributed by atoms with Gasteiger partial charge in [-0.15, -0.1) is 0 Å². The van der Waals surface area contributed by atoms with Crippen LogP contribution >= 0.6 is 0 Å². The lowest BCUT2D eigenvalue weighted by Crippen LogP contribution is -2.19. The molecule has 1 unspecified atom stereocenters. The van der Waals surface area contributed by atoms with Gasteiger partial charge in [-0.3, -0.25) is 4.79 Å². The smallest absolute Gasteiger partial charge is 0.303 e. The normalized spacial score (nSPS) is 12.7. The summed E-state index contributed by atoms with van der Waals surface area (Å²) in [4.78, 5) is 10.6. The Hall–Kier alpha value is -1.85. The summed E-state index contributed by atoms with van der Waals surface area (Å²) in [7, 11) is 0. The number of hydrogen-bond acceptors (Lipinski definition) is 3. The Kier molecular flexibility index (Phi) is 4.76. The number of para-hydroxylation sites is 1. The molecule has 3 N–H and O–H groups in total. The number of aromatic nitrogens is 1. The Bertz CT molecular complexity index is 591. The van der Waals surface area contributed by atoms with Crippen molar-refractivity contribution < 1.29 is 20.1 Å². The van der Waals surface area contributed by atoms with E-state index in [9.17, 15) is 9.90 Å². The third kappa shape index (κ3) is 3.37. The van der Waals surface area contributed by atoms with Crippen LogP contribution in [0.2, 0.25) is 0 Å². The number of carboxylic acid groups (broad SMARTS) is 1. The highest BCUT2D eigenvalue weighted by Gasteiger charge is 2.11. The Balaban J connectivity index is 2.23. The van der Waals surface area contributed by atoms with E-state index in [4.69, 9.17) is 10.2 Å². The van der Waals surface area contributed by atoms with Crippen molar-refractivity contribution in [2.75, 3.05) is 6.61 Å². The van der Waals surface area contributed by atoms with E-state index in [1.165, 1.54) is 0 Å². The third-order valence-electron chi connectivity index (χ3n) is 3.33. The van der Waals surface area contributed by atoms with Crippen LogP contribution in [0.5, 0.6) is 0 Å². The van der Waals surface area contributed by atoms with Crippen LogP contribution in [-0.2, 0) is 17.8 Å². The van der Waals surface area contributed by atoms with Crippen molar-refractivity contribution in [2.24, 2.45) is 0 Å². The fourth-order valence-corrected chi connectivity index (χ4v) is 2.39. The van der Waals surface area contributed by atoms with Gasteiger partial charge < -0.3 is 19.9 Å². The van der Waals surface area contributed by atoms with Gasteiger partial charge >= 0.3 is 5.97 Å². The van der Waals surface area contributed by atoms with Crippen LogP contribution in [0.15, 0.2) is 30.5 Å². The lowest BCUT2D eigenvalue weighted by Gasteiger charge is -2.09. The zero-order valence-electron chi connectivity index (χ0n) is 11.2. The predicted octanol–water partition coefficient (Wildman–Crippen LogP) is 1.40. The summed E-state index contributed by atoms with van der Waals surface area (Å²) in [5.74, 6) is -0.788. The van der Waals surface area contributed by atoms with Crippen molar-refractivity contribution in [1.82, 2.24) is 4.57 Å². The lowest BCUT2D eigenvalue weighted by molar-refractivity contribution is -0.137. The minimum absolute atomic E-state index is 0.152. The molecule has 0 aliphatic heterocycles. The van der Waals surface area contributed by atoms with E-state index in [1.54, 1.807) is 0 Å². The molecule has 5 nitrogen and oxygen atoms in total. The Labute approximate surface area is 117 Å². The molecule has 1 heterocycles. The van der Waals surface area contributed by atoms with Gasteiger partial charge in [-0.05, 0) is 24.5 Å². The van der Waals surface area contributed by atoms with Crippen LogP contribution in [0.3, 0.4) is 0 Å². The first-order valence-corrected chi connectivity index (χ1v) is 6.69. The molecular formula is C15H19NO4. The van der Waals surface area contributed by atoms with Crippen LogP contribution in [0.1, 0.15) is 18.4 Å². The fourth-order valence-electron chi connectivity index (χ4n) is 2.39. The van der Waals surface area contributed by atoms with Gasteiger partial charge in [-0.25, -0.2) is 0 Å². The highest BCUT2D eigenvalue weighted by atomic mass is 16.4. The Morgan fingerprint density at radius 3 is 2.75 bits per heavy atom. The molecule has 0 aliphatic carbocycles. The van der Waals surface area contributed by atoms with Crippen molar-refractivity contribution in [1.29, 1.82) is 0 Å². The maximum Gasteiger partial charge on any atom is 0.303 e. The summed E-state index contributed by atoms with van der Waals surface area (Å²) in [5, 5.41) is 28.3. The molecule has 0 spiro atoms. The molecule has 0 fully saturated rings. The number of hydrogen-bond donors (Lipinski definition) is 3. The quantitative estimate of drug-likeness (QED) is 0.714. The minimum atomic E-state index is -0.794. The van der Waals surface area contributed by atoms with Crippen LogP contribution in [0, 0.1) is 0 Å². The molecule has 0 amide bonds. The van der Waals surface area contributed by atoms with Crippen molar-refractivity contribution in [3.63, 3.8) is 0 Å². The standard InChI is InChI=1S/C15H19NO4/c17-10-12(18)9-16-8-11(4-3-7-15(19)20)13-5-1-2-6-14(13)16/h1-2,5-6,8,12,17-18H,3-4,7,9-10H2,(H,19,20). The van der Waals surface area contributed by atoms with Gasteiger partial charge in [0.1, 0.15) is 0 Å². The largest absolute Gasteiger partial charge is 0.481 e. The SMILES string of the molecule is O=C(O)CCCc1cn(CC(O)CO)c2ccccc12. The first-order chi connectivity index (χ1) is 9.61. The van der Waals surface area contributed by atoms with Gasteiger partial charge in [0, 0.05) is 23.5 Å². The van der Waals surface area contributed by atoms with Gasteiger partial charge in [0.05, 0.1) is 19.3 Å². The lowest BCUT2D eigenvalue weighted by atomic mass is 10.1. The van der Waals surface area contributed by atoms with Gasteiger partial charge in [0.25, 0.3) is 0 Å². The number of aliphatic hydroxyl groups excluding tert-OH is 2. The number of aliphatic hydroxyl groups is 2. The second-order valence-electron chi connectivity index (χ2n) is 4.91. The summed E-state index contributed by atoms with van der Waals surface area (Å²) in [6.45, 7) is 0.0524. The van der Waals surface area contributed by atoms with E-state index in [1.807, 2.05) is 35.0 Å². The topological polar surface area (TPSA) is 82.7 Å². The second-order valence-corrected chi connectivity index (χ2v) is 4.91. The number of aryl methyl sites for hydroxylation is 1. The maximum atomic E-state index is 10.6. The van der Waals surface area contributed by atoms with Gasteiger partial charge in [-0.2, -0.15) is 0 Å². The zero-order chi connectivity index (χ0) is 14.5. The molecule has 0 aliphatic rings. The van der Waals surface area contributed by atoms with E-state index in [0.717, 1.165) is 16.5 Å². The fraction of sp³-hybridized carbons (Fsp3) is 0.400. The van der Waals surface area contributed by atoms with E-state index in [2.05, 4.69) is 0 Å². The molecule has 0 saturated heterocycles. The van der Waals surface area contributed by atoms with Crippen LogP contribution in [0.4, 0.5) is 0 Å². The van der Waals surface area contributed by atoms with Crippen LogP contribution < -0.4 is 0 Å². The van der Waals surface area contributed by atoms with Gasteiger partial charge in [0.2, 0.25) is 0 Å². The average Bonchev–Trinajstić information content (AvgIpc) is 2.77. The molecule has 0 bridgehead atoms. The van der Waals surface area contributed by atoms with Crippen molar-refractivity contribution >= 4 is 16.9 Å². The molecule has 5 heteroatoms. The number of nitrogens with zero attached hydrogens (tertiary/aromatic N) is 1. The van der Waals surface area contributed by atoms with Crippen molar-refractivity contribution in [2.45, 2.75) is 31.9 Å². The predicted molar refractivity (Wildman–Crippen MR) is 75.6 cm³/mol. The summed E-state index contributed by atoms with van der Waals surface area (Å²) in [6, 6.07) is 7.81. The molecule has 0 radical (unpaired) electrons. The second kappa shape index (κ2) is 6.54. The molecule has 0 saturated carbocycles. The Morgan fingerprint density at radius 2 is 2.05 bits per heavy atom. The summed E-state index contributed by atoms with van der Waals surface area (Å²) < 4.78 is 1.91. The maximum absolute atomic E-state index is 10.6. The van der Waals surface area contributed by atoms with Gasteiger partial charge in [0.15, 0.2) is 0 Å². The number of carbonyl (C=O) groups is 1. The van der Waals surface area contributed by atoms with Gasteiger partial charge in [-0.1, -0.05) is 18.2 Å². The van der Waals surface area contributed by atoms with E-state index in [-0.39, 0.29) is 13.0 Å². The highest BCUT2D eigenvalue weighted by molar-refractivity contribution is 5.84. The first kappa shape index (κ1) is 14.6. The molecule has 20 heavy (non-hydrogen) atoms. The molecule has 1 aromatic carbocycles. The number of carboxylic acids is 1. The molecule has 2 aromatic rings. The summed E-state index contributed by atoms with van der Waals surface area (Å²) >= 11 is 0. The van der Waals surface area contributed by atoms with Crippen molar-refractivity contribution in [3.05, 3.63) is 36.0 Å². The average molecular weight is 277 g/mol. The van der Waals surface area contributed by atoms with E-state index < -0.39 is 12.1 Å². The highest BCUT2D eigenvalue weighted by Crippen LogP contribution is 2.23.